The van der Waals surface area contributed by atoms with E-state index in [0.717, 1.165) is 33.2 Å². The van der Waals surface area contributed by atoms with Gasteiger partial charge in [-0.15, -0.1) is 0 Å². The summed E-state index contributed by atoms with van der Waals surface area (Å²) in [5.74, 6) is 0. The Labute approximate surface area is 108 Å². The minimum Gasteiger partial charge on any atom is -0.251 e. The van der Waals surface area contributed by atoms with Crippen molar-refractivity contribution in [2.75, 3.05) is 0 Å². The molecule has 1 aromatic carbocycles. The topological polar surface area (TPSA) is 25.8 Å². The van der Waals surface area contributed by atoms with E-state index in [-0.39, 0.29) is 0 Å². The third-order valence-corrected chi connectivity index (χ3v) is 3.42. The normalized spacial score (nSPS) is 14.4. The molecular weight excluding hydrogens is 276 g/mol. The fraction of sp³-hybridized carbons (Fsp3) is 0.143. The number of rotatable bonds is 1. The smallest absolute Gasteiger partial charge is 0.103 e. The number of aryl methyl sites for hydroxylation is 1. The van der Waals surface area contributed by atoms with Gasteiger partial charge in [0.05, 0.1) is 17.4 Å². The van der Waals surface area contributed by atoms with E-state index >= 15 is 0 Å². The predicted octanol–water partition coefficient (Wildman–Crippen LogP) is 4.04. The Kier molecular flexibility index (Phi) is 2.56. The Bertz CT molecular complexity index is 657. The molecule has 0 fully saturated rings. The summed E-state index contributed by atoms with van der Waals surface area (Å²) in [5.41, 5.74) is 5.16. The van der Waals surface area contributed by atoms with E-state index in [1.807, 2.05) is 6.20 Å². The summed E-state index contributed by atoms with van der Waals surface area (Å²) in [4.78, 5) is 9.15. The van der Waals surface area contributed by atoms with Crippen molar-refractivity contribution in [3.05, 3.63) is 52.3 Å². The van der Waals surface area contributed by atoms with Gasteiger partial charge in [0.1, 0.15) is 5.52 Å². The van der Waals surface area contributed by atoms with Crippen LogP contribution in [0.1, 0.15) is 17.7 Å². The van der Waals surface area contributed by atoms with Crippen LogP contribution in [0, 0.1) is 6.92 Å². The van der Waals surface area contributed by atoms with E-state index in [4.69, 9.17) is 0 Å². The first-order valence-corrected chi connectivity index (χ1v) is 6.33. The lowest BCUT2D eigenvalue weighted by Crippen LogP contribution is -1.92. The first-order chi connectivity index (χ1) is 8.24. The molecule has 0 unspecified atom stereocenters. The van der Waals surface area contributed by atoms with Gasteiger partial charge in [0.25, 0.3) is 0 Å². The molecule has 1 heterocycles. The molecule has 1 aromatic heterocycles. The van der Waals surface area contributed by atoms with Crippen molar-refractivity contribution in [3.63, 3.8) is 0 Å². The minimum absolute atomic E-state index is 0.918. The summed E-state index contributed by atoms with van der Waals surface area (Å²) in [6.07, 6.45) is 9.23. The zero-order chi connectivity index (χ0) is 11.8. The van der Waals surface area contributed by atoms with E-state index in [2.05, 4.69) is 63.2 Å². The number of hydrogen-bond donors (Lipinski definition) is 0. The molecule has 3 rings (SSSR count). The third kappa shape index (κ3) is 1.91. The summed E-state index contributed by atoms with van der Waals surface area (Å²) < 4.78 is 1.00. The summed E-state index contributed by atoms with van der Waals surface area (Å²) in [6, 6.07) is 4.13. The highest BCUT2D eigenvalue weighted by molar-refractivity contribution is 9.10. The van der Waals surface area contributed by atoms with Crippen LogP contribution in [0.5, 0.6) is 0 Å². The van der Waals surface area contributed by atoms with Crippen molar-refractivity contribution >= 4 is 32.5 Å². The largest absolute Gasteiger partial charge is 0.251 e. The summed E-state index contributed by atoms with van der Waals surface area (Å²) in [5, 5.41) is 0. The molecule has 2 aromatic rings. The van der Waals surface area contributed by atoms with Crippen LogP contribution in [-0.4, -0.2) is 9.97 Å². The van der Waals surface area contributed by atoms with Gasteiger partial charge in [-0.05, 0) is 52.5 Å². The second-order valence-electron chi connectivity index (χ2n) is 4.17. The Morgan fingerprint density at radius 1 is 1.29 bits per heavy atom. The summed E-state index contributed by atoms with van der Waals surface area (Å²) in [6.45, 7) is 2.06. The SMILES string of the molecule is Cc1cc(Br)c2ncc(C3=CCC=C3)nc2c1. The van der Waals surface area contributed by atoms with Gasteiger partial charge in [-0.2, -0.15) is 0 Å². The zero-order valence-corrected chi connectivity index (χ0v) is 11.0. The first kappa shape index (κ1) is 10.7. The number of halogens is 1. The summed E-state index contributed by atoms with van der Waals surface area (Å²) >= 11 is 3.52. The van der Waals surface area contributed by atoms with E-state index in [9.17, 15) is 0 Å². The van der Waals surface area contributed by atoms with Crippen LogP contribution >= 0.6 is 15.9 Å². The average molecular weight is 287 g/mol. The Morgan fingerprint density at radius 3 is 2.94 bits per heavy atom. The lowest BCUT2D eigenvalue weighted by atomic mass is 10.2. The molecule has 0 radical (unpaired) electrons. The molecule has 1 aliphatic rings. The van der Waals surface area contributed by atoms with E-state index in [0.29, 0.717) is 0 Å². The summed E-state index contributed by atoms with van der Waals surface area (Å²) in [7, 11) is 0. The van der Waals surface area contributed by atoms with E-state index in [1.165, 1.54) is 5.56 Å². The standard InChI is InChI=1S/C14H11BrN2/c1-9-6-11(15)14-12(7-9)17-13(8-16-14)10-4-2-3-5-10/h2,4-8H,3H2,1H3. The van der Waals surface area contributed by atoms with Crippen molar-refractivity contribution < 1.29 is 0 Å². The van der Waals surface area contributed by atoms with Gasteiger partial charge in [-0.3, -0.25) is 4.98 Å². The van der Waals surface area contributed by atoms with E-state index in [1.54, 1.807) is 0 Å². The van der Waals surface area contributed by atoms with Crippen molar-refractivity contribution in [3.8, 4) is 0 Å². The van der Waals surface area contributed by atoms with E-state index < -0.39 is 0 Å². The Morgan fingerprint density at radius 2 is 2.18 bits per heavy atom. The maximum Gasteiger partial charge on any atom is 0.103 e. The highest BCUT2D eigenvalue weighted by atomic mass is 79.9. The molecule has 2 nitrogen and oxygen atoms in total. The quantitative estimate of drug-likeness (QED) is 0.791. The number of benzene rings is 1. The van der Waals surface area contributed by atoms with Gasteiger partial charge < -0.3 is 0 Å². The number of fused-ring (bicyclic) bond motifs is 1. The van der Waals surface area contributed by atoms with Crippen LogP contribution in [0.25, 0.3) is 16.6 Å². The number of nitrogens with zero attached hydrogens (tertiary/aromatic N) is 2. The molecule has 17 heavy (non-hydrogen) atoms. The fourth-order valence-corrected chi connectivity index (χ4v) is 2.67. The number of allylic oxidation sites excluding steroid dienone is 4. The zero-order valence-electron chi connectivity index (χ0n) is 9.44. The second kappa shape index (κ2) is 4.08. The molecule has 84 valence electrons. The molecule has 0 saturated carbocycles. The number of aromatic nitrogens is 2. The highest BCUT2D eigenvalue weighted by Crippen LogP contribution is 2.25. The van der Waals surface area contributed by atoms with Gasteiger partial charge in [-0.25, -0.2) is 4.98 Å². The highest BCUT2D eigenvalue weighted by Gasteiger charge is 2.07. The van der Waals surface area contributed by atoms with Gasteiger partial charge in [-0.1, -0.05) is 18.2 Å². The van der Waals surface area contributed by atoms with Crippen LogP contribution < -0.4 is 0 Å². The van der Waals surface area contributed by atoms with Gasteiger partial charge in [0, 0.05) is 4.47 Å². The van der Waals surface area contributed by atoms with Crippen LogP contribution in [0.4, 0.5) is 0 Å². The fourth-order valence-electron chi connectivity index (χ4n) is 2.00. The van der Waals surface area contributed by atoms with Crippen molar-refractivity contribution in [2.45, 2.75) is 13.3 Å². The second-order valence-corrected chi connectivity index (χ2v) is 5.02. The lowest BCUT2D eigenvalue weighted by Gasteiger charge is -2.04. The average Bonchev–Trinajstić information content (AvgIpc) is 2.81. The Hall–Kier alpha value is -1.48. The Balaban J connectivity index is 2.22. The molecule has 0 amide bonds. The minimum atomic E-state index is 0.918. The molecule has 0 bridgehead atoms. The monoisotopic (exact) mass is 286 g/mol. The first-order valence-electron chi connectivity index (χ1n) is 5.54. The van der Waals surface area contributed by atoms with Crippen LogP contribution in [-0.2, 0) is 0 Å². The van der Waals surface area contributed by atoms with Crippen molar-refractivity contribution in [1.29, 1.82) is 0 Å². The van der Waals surface area contributed by atoms with Gasteiger partial charge >= 0.3 is 0 Å². The predicted molar refractivity (Wildman–Crippen MR) is 73.7 cm³/mol. The number of hydrogen-bond acceptors (Lipinski definition) is 2. The van der Waals surface area contributed by atoms with Crippen LogP contribution in [0.15, 0.2) is 41.0 Å². The van der Waals surface area contributed by atoms with Crippen molar-refractivity contribution in [1.82, 2.24) is 9.97 Å². The lowest BCUT2D eigenvalue weighted by molar-refractivity contribution is 1.24. The molecule has 0 saturated heterocycles. The molecule has 0 aliphatic heterocycles. The maximum absolute atomic E-state index is 4.67. The van der Waals surface area contributed by atoms with Crippen LogP contribution in [0.2, 0.25) is 0 Å². The molecule has 3 heteroatoms. The molecule has 0 N–H and O–H groups in total. The van der Waals surface area contributed by atoms with Gasteiger partial charge in [0.2, 0.25) is 0 Å². The van der Waals surface area contributed by atoms with Gasteiger partial charge in [0.15, 0.2) is 0 Å². The molecular formula is C14H11BrN2. The molecule has 0 atom stereocenters. The van der Waals surface area contributed by atoms with Crippen molar-refractivity contribution in [2.24, 2.45) is 0 Å². The van der Waals surface area contributed by atoms with Crippen LogP contribution in [0.3, 0.4) is 0 Å². The maximum atomic E-state index is 4.67. The molecule has 1 aliphatic carbocycles. The third-order valence-electron chi connectivity index (χ3n) is 2.81. The molecule has 0 spiro atoms.